The van der Waals surface area contributed by atoms with Crippen molar-refractivity contribution < 1.29 is 4.42 Å². The Hall–Kier alpha value is -8.14. The van der Waals surface area contributed by atoms with Crippen LogP contribution >= 0.6 is 0 Å². The first kappa shape index (κ1) is 39.0. The lowest BCUT2D eigenvalue weighted by Crippen LogP contribution is -2.10. The first-order valence-corrected chi connectivity index (χ1v) is 21.5. The molecule has 63 heavy (non-hydrogen) atoms. The van der Waals surface area contributed by atoms with Crippen molar-refractivity contribution in [3.8, 4) is 39.1 Å². The van der Waals surface area contributed by atoms with Crippen molar-refractivity contribution in [2.75, 3.05) is 4.90 Å². The molecule has 0 saturated carbocycles. The summed E-state index contributed by atoms with van der Waals surface area (Å²) >= 11 is 0. The van der Waals surface area contributed by atoms with Crippen LogP contribution in [0.5, 0.6) is 0 Å². The van der Waals surface area contributed by atoms with Crippen molar-refractivity contribution in [3.05, 3.63) is 236 Å². The molecule has 302 valence electrons. The van der Waals surface area contributed by atoms with Crippen LogP contribution in [0.3, 0.4) is 0 Å². The van der Waals surface area contributed by atoms with E-state index in [1.54, 1.807) is 0 Å². The van der Waals surface area contributed by atoms with Gasteiger partial charge in [-0.1, -0.05) is 141 Å². The van der Waals surface area contributed by atoms with E-state index in [-0.39, 0.29) is 0 Å². The molecule has 0 N–H and O–H groups in total. The summed E-state index contributed by atoms with van der Waals surface area (Å²) in [6.45, 7) is 12.7. The summed E-state index contributed by atoms with van der Waals surface area (Å²) in [5.41, 5.74) is 18.3. The number of hydrogen-bond donors (Lipinski definition) is 0. The molecule has 0 spiro atoms. The van der Waals surface area contributed by atoms with Gasteiger partial charge in [-0.2, -0.15) is 0 Å². The molecule has 0 aliphatic heterocycles. The van der Waals surface area contributed by atoms with E-state index in [1.165, 1.54) is 22.3 Å². The molecule has 0 unspecified atom stereocenters. The number of rotatable bonds is 11. The first-order chi connectivity index (χ1) is 31.0. The quantitative estimate of drug-likeness (QED) is 0.121. The second-order valence-electron chi connectivity index (χ2n) is 15.7. The molecular weight excluding hydrogens is 765 g/mol. The van der Waals surface area contributed by atoms with E-state index in [0.29, 0.717) is 0 Å². The van der Waals surface area contributed by atoms with Crippen LogP contribution in [0.15, 0.2) is 224 Å². The Morgan fingerprint density at radius 2 is 1.08 bits per heavy atom. The molecule has 0 atom stereocenters. The standard InChI is InChI=1S/C60H46N2O/c1-5-17-41(6-2)43-24-30-50(31-25-43)61(51-32-26-44(27-33-51)42-18-11-9-12-19-42)52-37-47(36-48(38-52)46-29-35-60-56(40-46)54-22-15-16-23-59(54)63-60)45-28-34-58-55(39-45)53(7-3)57(8-4)62(58)49-20-13-10-14-21-49/h5-40H,3-4H2,1-2H3/b17-5-,41-6+. The molecule has 0 bridgehead atoms. The summed E-state index contributed by atoms with van der Waals surface area (Å²) in [4.78, 5) is 2.37. The van der Waals surface area contributed by atoms with E-state index in [9.17, 15) is 0 Å². The van der Waals surface area contributed by atoms with Crippen molar-refractivity contribution >= 4 is 67.6 Å². The normalized spacial score (nSPS) is 11.8. The molecule has 10 rings (SSSR count). The van der Waals surface area contributed by atoms with Crippen molar-refractivity contribution in [3.63, 3.8) is 0 Å². The Kier molecular flexibility index (Phi) is 10.4. The Morgan fingerprint density at radius 1 is 0.492 bits per heavy atom. The van der Waals surface area contributed by atoms with E-state index in [4.69, 9.17) is 4.42 Å². The van der Waals surface area contributed by atoms with E-state index < -0.39 is 0 Å². The number of fused-ring (bicyclic) bond motifs is 4. The third kappa shape index (κ3) is 7.20. The van der Waals surface area contributed by atoms with Gasteiger partial charge in [0.2, 0.25) is 0 Å². The number of nitrogens with zero attached hydrogens (tertiary/aromatic N) is 2. The average molecular weight is 811 g/mol. The number of aromatic nitrogens is 1. The number of para-hydroxylation sites is 2. The highest BCUT2D eigenvalue weighted by Crippen LogP contribution is 2.43. The molecular formula is C60H46N2O. The van der Waals surface area contributed by atoms with Crippen LogP contribution in [0.25, 0.3) is 89.6 Å². The van der Waals surface area contributed by atoms with E-state index in [1.807, 2.05) is 30.4 Å². The van der Waals surface area contributed by atoms with Gasteiger partial charge in [0.1, 0.15) is 11.2 Å². The van der Waals surface area contributed by atoms with Gasteiger partial charge in [0, 0.05) is 44.5 Å². The molecule has 10 aromatic rings. The Bertz CT molecular complexity index is 3360. The minimum absolute atomic E-state index is 0.873. The topological polar surface area (TPSA) is 21.3 Å². The smallest absolute Gasteiger partial charge is 0.135 e. The number of allylic oxidation sites excluding steroid dienone is 4. The first-order valence-electron chi connectivity index (χ1n) is 21.5. The van der Waals surface area contributed by atoms with Crippen LogP contribution in [0.1, 0.15) is 30.7 Å². The molecule has 8 aromatic carbocycles. The van der Waals surface area contributed by atoms with Crippen LogP contribution in [0.2, 0.25) is 0 Å². The second kappa shape index (κ2) is 16.7. The monoisotopic (exact) mass is 810 g/mol. The lowest BCUT2D eigenvalue weighted by molar-refractivity contribution is 0.669. The zero-order valence-corrected chi connectivity index (χ0v) is 35.5. The average Bonchev–Trinajstić information content (AvgIpc) is 3.89. The van der Waals surface area contributed by atoms with E-state index in [2.05, 4.69) is 225 Å². The number of hydrogen-bond acceptors (Lipinski definition) is 2. The lowest BCUT2D eigenvalue weighted by atomic mass is 9.95. The van der Waals surface area contributed by atoms with Crippen molar-refractivity contribution in [1.29, 1.82) is 0 Å². The summed E-state index contributed by atoms with van der Waals surface area (Å²) in [6, 6.07) is 67.4. The predicted molar refractivity (Wildman–Crippen MR) is 270 cm³/mol. The number of benzene rings is 8. The highest BCUT2D eigenvalue weighted by Gasteiger charge is 2.20. The third-order valence-corrected chi connectivity index (χ3v) is 12.0. The fourth-order valence-electron chi connectivity index (χ4n) is 8.99. The summed E-state index contributed by atoms with van der Waals surface area (Å²) in [7, 11) is 0. The molecule has 2 aromatic heterocycles. The highest BCUT2D eigenvalue weighted by molar-refractivity contribution is 6.06. The summed E-state index contributed by atoms with van der Waals surface area (Å²) in [5.74, 6) is 0. The van der Waals surface area contributed by atoms with Gasteiger partial charge in [-0.15, -0.1) is 0 Å². The van der Waals surface area contributed by atoms with Crippen molar-refractivity contribution in [1.82, 2.24) is 4.57 Å². The Morgan fingerprint density at radius 3 is 1.75 bits per heavy atom. The molecule has 3 nitrogen and oxygen atoms in total. The number of anilines is 3. The fourth-order valence-corrected chi connectivity index (χ4v) is 8.99. The maximum Gasteiger partial charge on any atom is 0.135 e. The maximum atomic E-state index is 6.29. The van der Waals surface area contributed by atoms with Crippen molar-refractivity contribution in [2.24, 2.45) is 0 Å². The van der Waals surface area contributed by atoms with Gasteiger partial charge in [-0.25, -0.2) is 0 Å². The van der Waals surface area contributed by atoms with Gasteiger partial charge in [0.25, 0.3) is 0 Å². The van der Waals surface area contributed by atoms with E-state index >= 15 is 0 Å². The second-order valence-corrected chi connectivity index (χ2v) is 15.7. The Labute approximate surface area is 369 Å². The minimum Gasteiger partial charge on any atom is -0.456 e. The highest BCUT2D eigenvalue weighted by atomic mass is 16.3. The van der Waals surface area contributed by atoms with Crippen LogP contribution in [0.4, 0.5) is 17.1 Å². The Balaban J connectivity index is 1.20. The van der Waals surface area contributed by atoms with Gasteiger partial charge in [0.05, 0.1) is 11.2 Å². The van der Waals surface area contributed by atoms with Gasteiger partial charge in [-0.05, 0) is 149 Å². The summed E-state index contributed by atoms with van der Waals surface area (Å²) in [6.07, 6.45) is 10.3. The molecule has 2 heterocycles. The van der Waals surface area contributed by atoms with Crippen LogP contribution < -0.4 is 4.90 Å². The van der Waals surface area contributed by atoms with Crippen molar-refractivity contribution in [2.45, 2.75) is 13.8 Å². The van der Waals surface area contributed by atoms with Gasteiger partial charge < -0.3 is 13.9 Å². The summed E-state index contributed by atoms with van der Waals surface area (Å²) < 4.78 is 8.56. The molecule has 0 saturated heterocycles. The minimum atomic E-state index is 0.873. The fraction of sp³-hybridized carbons (Fsp3) is 0.0333. The van der Waals surface area contributed by atoms with Crippen LogP contribution in [-0.2, 0) is 0 Å². The van der Waals surface area contributed by atoms with E-state index in [0.717, 1.165) is 89.1 Å². The van der Waals surface area contributed by atoms with Gasteiger partial charge >= 0.3 is 0 Å². The third-order valence-electron chi connectivity index (χ3n) is 12.0. The largest absolute Gasteiger partial charge is 0.456 e. The zero-order chi connectivity index (χ0) is 42.9. The number of furan rings is 1. The SMILES string of the molecule is C=Cc1c(C=C)n(-c2ccccc2)c2ccc(-c3cc(-c4ccc5oc6ccccc6c5c4)cc(N(c4ccc(C(/C=C\C)=C/C)cc4)c4ccc(-c5ccccc5)cc4)c3)cc12. The molecule has 0 aliphatic rings. The molecule has 0 amide bonds. The van der Waals surface area contributed by atoms with Gasteiger partial charge in [0.15, 0.2) is 0 Å². The van der Waals surface area contributed by atoms with Crippen LogP contribution in [0, 0.1) is 0 Å². The molecule has 0 radical (unpaired) electrons. The van der Waals surface area contributed by atoms with Crippen LogP contribution in [-0.4, -0.2) is 4.57 Å². The lowest BCUT2D eigenvalue weighted by Gasteiger charge is -2.27. The maximum absolute atomic E-state index is 6.29. The molecule has 0 aliphatic carbocycles. The van der Waals surface area contributed by atoms with Gasteiger partial charge in [-0.3, -0.25) is 0 Å². The predicted octanol–water partition coefficient (Wildman–Crippen LogP) is 17.3. The zero-order valence-electron chi connectivity index (χ0n) is 35.5. The summed E-state index contributed by atoms with van der Waals surface area (Å²) in [5, 5.41) is 3.31. The molecule has 0 fully saturated rings. The molecule has 3 heteroatoms.